The predicted molar refractivity (Wildman–Crippen MR) is 171 cm³/mol. The number of nitrogens with one attached hydrogen (secondary N) is 3. The van der Waals surface area contributed by atoms with Crippen LogP contribution in [0.25, 0.3) is 22.4 Å². The van der Waals surface area contributed by atoms with E-state index >= 15 is 8.78 Å². The summed E-state index contributed by atoms with van der Waals surface area (Å²) in [4.78, 5) is 53.9. The molecule has 1 aliphatic heterocycles. The average molecular weight is 645 g/mol. The lowest BCUT2D eigenvalue weighted by Crippen LogP contribution is -2.40. The third kappa shape index (κ3) is 5.82. The van der Waals surface area contributed by atoms with Gasteiger partial charge < -0.3 is 25.3 Å². The van der Waals surface area contributed by atoms with Gasteiger partial charge in [-0.3, -0.25) is 19.0 Å². The number of methoxy groups -OCH3 is 1. The van der Waals surface area contributed by atoms with Gasteiger partial charge in [0.05, 0.1) is 18.4 Å². The van der Waals surface area contributed by atoms with Crippen molar-refractivity contribution in [2.24, 2.45) is 14.1 Å². The van der Waals surface area contributed by atoms with Gasteiger partial charge in [0.1, 0.15) is 17.2 Å². The van der Waals surface area contributed by atoms with Crippen LogP contribution in [-0.2, 0) is 25.3 Å². The molecule has 2 aromatic carbocycles. The molecule has 0 spiro atoms. The Balaban J connectivity index is 1.32. The van der Waals surface area contributed by atoms with E-state index in [1.807, 2.05) is 0 Å². The first kappa shape index (κ1) is 31.8. The summed E-state index contributed by atoms with van der Waals surface area (Å²) in [5.41, 5.74) is 1.19. The van der Waals surface area contributed by atoms with Crippen molar-refractivity contribution in [2.75, 3.05) is 19.0 Å². The fraction of sp³-hybridized carbons (Fsp3) is 0.324. The molecule has 2 atom stereocenters. The monoisotopic (exact) mass is 644 g/mol. The molecule has 1 saturated heterocycles. The molecular formula is C34H34F2N6O5. The number of carbonyl (C=O) groups excluding carboxylic acids is 2. The van der Waals surface area contributed by atoms with Crippen LogP contribution in [0.5, 0.6) is 5.88 Å². The minimum Gasteiger partial charge on any atom is -0.481 e. The van der Waals surface area contributed by atoms with Gasteiger partial charge in [0.15, 0.2) is 0 Å². The van der Waals surface area contributed by atoms with E-state index in [2.05, 4.69) is 20.9 Å². The number of ether oxygens (including phenoxy) is 1. The van der Waals surface area contributed by atoms with Crippen molar-refractivity contribution in [2.45, 2.75) is 44.7 Å². The molecule has 4 aromatic rings. The standard InChI is InChI=1S/C34H34F2N6O5/c1-17-20(6-5-7-24(17)39-31(44)22-16-41(2)34(46)42(3)33(22)45)21-10-11-23(35)29(30(21)36)26-14-18-8-12-25(28(18)32(40-26)47-4)37-15-19-9-13-27(43)38-19/h5-7,10-11,14,16,19,25,37H,8-9,12-13,15H2,1-4H3,(H,38,43)(H,39,44). The Kier molecular flexibility index (Phi) is 8.49. The number of anilines is 1. The molecule has 0 bridgehead atoms. The fourth-order valence-electron chi connectivity index (χ4n) is 6.42. The van der Waals surface area contributed by atoms with Gasteiger partial charge in [0, 0.05) is 62.2 Å². The van der Waals surface area contributed by atoms with E-state index in [1.54, 1.807) is 31.2 Å². The summed E-state index contributed by atoms with van der Waals surface area (Å²) in [5, 5.41) is 9.12. The molecule has 1 fully saturated rings. The van der Waals surface area contributed by atoms with E-state index in [0.717, 1.165) is 39.3 Å². The first-order valence-corrected chi connectivity index (χ1v) is 15.2. The number of amides is 2. The molecule has 11 nitrogen and oxygen atoms in total. The number of aromatic nitrogens is 3. The third-order valence-corrected chi connectivity index (χ3v) is 8.96. The number of pyridine rings is 1. The number of rotatable bonds is 8. The van der Waals surface area contributed by atoms with Gasteiger partial charge in [0.2, 0.25) is 11.8 Å². The predicted octanol–water partition coefficient (Wildman–Crippen LogP) is 3.52. The Morgan fingerprint density at radius 1 is 1.09 bits per heavy atom. The maximum Gasteiger partial charge on any atom is 0.330 e. The molecule has 3 heterocycles. The number of carbonyl (C=O) groups is 2. The van der Waals surface area contributed by atoms with E-state index in [4.69, 9.17) is 4.74 Å². The minimum absolute atomic E-state index is 0.0406. The van der Waals surface area contributed by atoms with Crippen LogP contribution in [0.15, 0.2) is 52.2 Å². The normalized spacial score (nSPS) is 17.0. The number of halogens is 2. The third-order valence-electron chi connectivity index (χ3n) is 8.96. The lowest BCUT2D eigenvalue weighted by molar-refractivity contribution is -0.119. The van der Waals surface area contributed by atoms with Crippen LogP contribution in [0.1, 0.15) is 52.4 Å². The zero-order valence-electron chi connectivity index (χ0n) is 26.4. The Labute approximate surface area is 268 Å². The summed E-state index contributed by atoms with van der Waals surface area (Å²) in [7, 11) is 4.18. The van der Waals surface area contributed by atoms with Gasteiger partial charge in [-0.25, -0.2) is 18.6 Å². The maximum atomic E-state index is 16.4. The largest absolute Gasteiger partial charge is 0.481 e. The number of fused-ring (bicyclic) bond motifs is 1. The molecule has 3 N–H and O–H groups in total. The zero-order chi connectivity index (χ0) is 33.6. The summed E-state index contributed by atoms with van der Waals surface area (Å²) >= 11 is 0. The Morgan fingerprint density at radius 2 is 1.87 bits per heavy atom. The molecule has 2 amide bonds. The number of hydrogen-bond acceptors (Lipinski definition) is 7. The lowest BCUT2D eigenvalue weighted by atomic mass is 9.95. The summed E-state index contributed by atoms with van der Waals surface area (Å²) < 4.78 is 39.4. The van der Waals surface area contributed by atoms with Crippen molar-refractivity contribution in [3.05, 3.63) is 97.3 Å². The molecule has 2 aliphatic rings. The number of benzene rings is 2. The van der Waals surface area contributed by atoms with E-state index in [-0.39, 0.29) is 46.3 Å². The first-order valence-electron chi connectivity index (χ1n) is 15.2. The molecule has 244 valence electrons. The van der Waals surface area contributed by atoms with Crippen LogP contribution < -0.4 is 31.9 Å². The summed E-state index contributed by atoms with van der Waals surface area (Å²) in [6, 6.07) is 9.03. The first-order chi connectivity index (χ1) is 22.5. The molecule has 47 heavy (non-hydrogen) atoms. The maximum absolute atomic E-state index is 16.4. The van der Waals surface area contributed by atoms with Gasteiger partial charge in [0.25, 0.3) is 11.5 Å². The molecular weight excluding hydrogens is 610 g/mol. The van der Waals surface area contributed by atoms with Gasteiger partial charge in [-0.15, -0.1) is 0 Å². The second-order valence-corrected chi connectivity index (χ2v) is 11.9. The van der Waals surface area contributed by atoms with Gasteiger partial charge in [-0.05, 0) is 67.1 Å². The van der Waals surface area contributed by atoms with Crippen LogP contribution in [-0.4, -0.2) is 45.6 Å². The van der Waals surface area contributed by atoms with Crippen molar-refractivity contribution in [1.29, 1.82) is 0 Å². The van der Waals surface area contributed by atoms with E-state index in [9.17, 15) is 19.2 Å². The molecule has 0 radical (unpaired) electrons. The highest BCUT2D eigenvalue weighted by atomic mass is 19.1. The van der Waals surface area contributed by atoms with Crippen molar-refractivity contribution in [3.8, 4) is 28.3 Å². The Bertz CT molecular complexity index is 2060. The summed E-state index contributed by atoms with van der Waals surface area (Å²) in [6.45, 7) is 2.26. The molecule has 13 heteroatoms. The number of aryl methyl sites for hydroxylation is 2. The minimum atomic E-state index is -0.831. The lowest BCUT2D eigenvalue weighted by Gasteiger charge is -2.20. The molecule has 2 aromatic heterocycles. The van der Waals surface area contributed by atoms with Crippen molar-refractivity contribution in [3.63, 3.8) is 0 Å². The van der Waals surface area contributed by atoms with Crippen LogP contribution in [0.2, 0.25) is 0 Å². The second kappa shape index (κ2) is 12.6. The van der Waals surface area contributed by atoms with Crippen molar-refractivity contribution in [1.82, 2.24) is 24.8 Å². The van der Waals surface area contributed by atoms with Crippen LogP contribution in [0.3, 0.4) is 0 Å². The van der Waals surface area contributed by atoms with Gasteiger partial charge in [-0.1, -0.05) is 12.1 Å². The molecule has 1 aliphatic carbocycles. The summed E-state index contributed by atoms with van der Waals surface area (Å²) in [6.07, 6.45) is 3.83. The van der Waals surface area contributed by atoms with Crippen molar-refractivity contribution >= 4 is 17.5 Å². The van der Waals surface area contributed by atoms with Gasteiger partial charge in [-0.2, -0.15) is 0 Å². The number of nitrogens with zero attached hydrogens (tertiary/aromatic N) is 3. The average Bonchev–Trinajstić information content (AvgIpc) is 3.67. The highest BCUT2D eigenvalue weighted by Gasteiger charge is 2.31. The van der Waals surface area contributed by atoms with Crippen LogP contribution >= 0.6 is 0 Å². The summed E-state index contributed by atoms with van der Waals surface area (Å²) in [5.74, 6) is -2.05. The Hall–Kier alpha value is -5.17. The number of hydrogen-bond donors (Lipinski definition) is 3. The van der Waals surface area contributed by atoms with Crippen LogP contribution in [0, 0.1) is 18.6 Å². The van der Waals surface area contributed by atoms with Gasteiger partial charge >= 0.3 is 5.69 Å². The second-order valence-electron chi connectivity index (χ2n) is 11.9. The highest BCUT2D eigenvalue weighted by molar-refractivity contribution is 6.04. The smallest absolute Gasteiger partial charge is 0.330 e. The Morgan fingerprint density at radius 3 is 2.60 bits per heavy atom. The van der Waals surface area contributed by atoms with Crippen molar-refractivity contribution < 1.29 is 23.1 Å². The zero-order valence-corrected chi connectivity index (χ0v) is 26.4. The molecule has 2 unspecified atom stereocenters. The van der Waals surface area contributed by atoms with Crippen LogP contribution in [0.4, 0.5) is 14.5 Å². The quantitative estimate of drug-likeness (QED) is 0.267. The van der Waals surface area contributed by atoms with E-state index in [1.165, 1.54) is 33.3 Å². The highest BCUT2D eigenvalue weighted by Crippen LogP contribution is 2.42. The fourth-order valence-corrected chi connectivity index (χ4v) is 6.42. The topological polar surface area (TPSA) is 136 Å². The SMILES string of the molecule is COc1nc(-c2c(F)ccc(-c3cccc(NC(=O)c4cn(C)c(=O)n(C)c4=O)c3C)c2F)cc2c1C(NCC1CCC(=O)N1)CC2. The van der Waals surface area contributed by atoms with E-state index in [0.29, 0.717) is 36.2 Å². The van der Waals surface area contributed by atoms with E-state index < -0.39 is 28.8 Å². The molecule has 6 rings (SSSR count). The molecule has 0 saturated carbocycles.